The summed E-state index contributed by atoms with van der Waals surface area (Å²) in [5.41, 5.74) is 4.78. The molecule has 7 rings (SSSR count). The normalized spacial score (nSPS) is 30.8. The highest BCUT2D eigenvalue weighted by Crippen LogP contribution is 2.43. The first-order chi connectivity index (χ1) is 15.6. The molecule has 4 fully saturated rings. The first-order valence-electron chi connectivity index (χ1n) is 11.5. The molecule has 3 aromatic rings. The molecule has 2 aromatic carbocycles. The molecule has 3 unspecified atom stereocenters. The minimum atomic E-state index is -0.0889. The van der Waals surface area contributed by atoms with Gasteiger partial charge in [0.2, 0.25) is 0 Å². The van der Waals surface area contributed by atoms with Gasteiger partial charge >= 0.3 is 0 Å². The van der Waals surface area contributed by atoms with Crippen LogP contribution in [-0.2, 0) is 5.41 Å². The van der Waals surface area contributed by atoms with Gasteiger partial charge in [-0.1, -0.05) is 60.2 Å². The molecule has 0 radical (unpaired) electrons. The molecular weight excluding hydrogens is 398 g/mol. The Balaban J connectivity index is 1.30. The van der Waals surface area contributed by atoms with Gasteiger partial charge in [-0.05, 0) is 18.6 Å². The van der Waals surface area contributed by atoms with Crippen LogP contribution in [0.5, 0.6) is 0 Å². The maximum Gasteiger partial charge on any atom is 0.269 e. The predicted octanol–water partition coefficient (Wildman–Crippen LogP) is 2.68. The number of carbonyl (C=O) groups is 1. The second kappa shape index (κ2) is 7.57. The Morgan fingerprint density at radius 3 is 2.41 bits per heavy atom. The van der Waals surface area contributed by atoms with E-state index in [4.69, 9.17) is 0 Å². The van der Waals surface area contributed by atoms with Crippen LogP contribution in [0.15, 0.2) is 60.7 Å². The molecule has 1 amide bonds. The number of aromatic nitrogens is 2. The van der Waals surface area contributed by atoms with E-state index in [2.05, 4.69) is 74.7 Å². The second-order valence-corrected chi connectivity index (χ2v) is 9.74. The summed E-state index contributed by atoms with van der Waals surface area (Å²) in [4.78, 5) is 18.6. The number of aryl methyl sites for hydroxylation is 1. The predicted molar refractivity (Wildman–Crippen MR) is 125 cm³/mol. The van der Waals surface area contributed by atoms with Gasteiger partial charge in [0.05, 0.1) is 5.69 Å². The van der Waals surface area contributed by atoms with Crippen molar-refractivity contribution in [2.24, 2.45) is 5.92 Å². The third-order valence-electron chi connectivity index (χ3n) is 7.60. The summed E-state index contributed by atoms with van der Waals surface area (Å²) in [6, 6.07) is 21.0. The molecule has 0 spiro atoms. The van der Waals surface area contributed by atoms with Gasteiger partial charge in [-0.2, -0.15) is 5.10 Å². The Kier molecular flexibility index (Phi) is 4.66. The van der Waals surface area contributed by atoms with Gasteiger partial charge < -0.3 is 15.1 Å². The van der Waals surface area contributed by atoms with Crippen molar-refractivity contribution in [1.29, 1.82) is 0 Å². The number of fused-ring (bicyclic) bond motifs is 1. The third kappa shape index (κ3) is 3.26. The van der Waals surface area contributed by atoms with Gasteiger partial charge in [0.15, 0.2) is 0 Å². The Morgan fingerprint density at radius 1 is 1.03 bits per heavy atom. The number of nitrogens with one attached hydrogen (secondary N) is 2. The zero-order valence-electron chi connectivity index (χ0n) is 18.4. The minimum Gasteiger partial charge on any atom is -0.347 e. The summed E-state index contributed by atoms with van der Waals surface area (Å²) in [6.07, 6.45) is 0. The number of aromatic amines is 1. The van der Waals surface area contributed by atoms with Gasteiger partial charge in [0.1, 0.15) is 5.69 Å². The monoisotopic (exact) mass is 427 g/mol. The summed E-state index contributed by atoms with van der Waals surface area (Å²) in [7, 11) is 0. The van der Waals surface area contributed by atoms with Crippen molar-refractivity contribution >= 4 is 5.91 Å². The van der Waals surface area contributed by atoms with E-state index in [0.717, 1.165) is 50.5 Å². The van der Waals surface area contributed by atoms with Crippen LogP contribution < -0.4 is 5.32 Å². The van der Waals surface area contributed by atoms with E-state index in [1.165, 1.54) is 11.1 Å². The van der Waals surface area contributed by atoms with Crippen LogP contribution in [0.2, 0.25) is 0 Å². The van der Waals surface area contributed by atoms with Gasteiger partial charge in [0.25, 0.3) is 5.91 Å². The molecule has 164 valence electrons. The SMILES string of the molecule is Cc1ccc(-c2cc(C(=O)NC3C4CN5CCN(C4)CC3(c3ccccc3)C5)[nH]n2)cc1. The molecule has 6 nitrogen and oxygen atoms in total. The molecule has 1 aromatic heterocycles. The van der Waals surface area contributed by atoms with Crippen molar-refractivity contribution in [3.05, 3.63) is 77.5 Å². The van der Waals surface area contributed by atoms with Crippen LogP contribution in [0.25, 0.3) is 11.3 Å². The Hall–Kier alpha value is -2.96. The number of amides is 1. The van der Waals surface area contributed by atoms with Crippen LogP contribution in [0.1, 0.15) is 21.6 Å². The largest absolute Gasteiger partial charge is 0.347 e. The van der Waals surface area contributed by atoms with Crippen molar-refractivity contribution in [2.75, 3.05) is 39.3 Å². The standard InChI is InChI=1S/C26H29N5O/c1-18-7-9-19(10-8-18)22-13-23(29-28-22)25(32)27-24-20-14-30-11-12-31(15-20)17-26(24,16-30)21-5-3-2-4-6-21/h2-10,13,20,24H,11-12,14-17H2,1H3,(H,27,32)(H,28,29). The van der Waals surface area contributed by atoms with Crippen LogP contribution in [0, 0.1) is 12.8 Å². The lowest BCUT2D eigenvalue weighted by Crippen LogP contribution is -2.70. The second-order valence-electron chi connectivity index (χ2n) is 9.74. The first kappa shape index (κ1) is 19.7. The van der Waals surface area contributed by atoms with Crippen LogP contribution in [-0.4, -0.2) is 71.2 Å². The van der Waals surface area contributed by atoms with E-state index in [0.29, 0.717) is 11.6 Å². The van der Waals surface area contributed by atoms with E-state index in [1.807, 2.05) is 18.2 Å². The van der Waals surface area contributed by atoms with E-state index in [1.54, 1.807) is 0 Å². The van der Waals surface area contributed by atoms with Crippen LogP contribution in [0.3, 0.4) is 0 Å². The number of benzene rings is 2. The Bertz CT molecular complexity index is 1110. The first-order valence-corrected chi connectivity index (χ1v) is 11.5. The number of carbonyl (C=O) groups excluding carboxylic acids is 1. The molecule has 0 aliphatic carbocycles. The lowest BCUT2D eigenvalue weighted by Gasteiger charge is -2.55. The van der Waals surface area contributed by atoms with Crippen molar-refractivity contribution in [2.45, 2.75) is 18.4 Å². The highest BCUT2D eigenvalue weighted by atomic mass is 16.2. The number of hydrogen-bond acceptors (Lipinski definition) is 4. The topological polar surface area (TPSA) is 64.3 Å². The average Bonchev–Trinajstić information content (AvgIpc) is 3.17. The Labute approximate surface area is 188 Å². The molecule has 4 bridgehead atoms. The molecule has 4 aliphatic rings. The zero-order valence-corrected chi connectivity index (χ0v) is 18.4. The van der Waals surface area contributed by atoms with Crippen LogP contribution >= 0.6 is 0 Å². The fourth-order valence-corrected chi connectivity index (χ4v) is 6.10. The maximum atomic E-state index is 13.4. The minimum absolute atomic E-state index is 0.0627. The third-order valence-corrected chi connectivity index (χ3v) is 7.60. The summed E-state index contributed by atoms with van der Waals surface area (Å²) < 4.78 is 0. The summed E-state index contributed by atoms with van der Waals surface area (Å²) in [6.45, 7) is 8.38. The molecule has 5 heterocycles. The number of piperidine rings is 2. The van der Waals surface area contributed by atoms with E-state index in [-0.39, 0.29) is 17.4 Å². The molecule has 3 atom stereocenters. The summed E-state index contributed by atoms with van der Waals surface area (Å²) in [5, 5.41) is 10.8. The van der Waals surface area contributed by atoms with E-state index < -0.39 is 0 Å². The lowest BCUT2D eigenvalue weighted by molar-refractivity contribution is 0.0179. The van der Waals surface area contributed by atoms with Crippen molar-refractivity contribution in [3.63, 3.8) is 0 Å². The zero-order chi connectivity index (χ0) is 21.7. The van der Waals surface area contributed by atoms with Gasteiger partial charge in [-0.25, -0.2) is 0 Å². The van der Waals surface area contributed by atoms with Crippen molar-refractivity contribution in [3.8, 4) is 11.3 Å². The molecule has 6 heteroatoms. The molecule has 4 aliphatic heterocycles. The molecular formula is C26H29N5O. The highest BCUT2D eigenvalue weighted by molar-refractivity contribution is 5.93. The number of nitrogens with zero attached hydrogens (tertiary/aromatic N) is 3. The van der Waals surface area contributed by atoms with E-state index >= 15 is 0 Å². The maximum absolute atomic E-state index is 13.4. The van der Waals surface area contributed by atoms with Crippen LogP contribution in [0.4, 0.5) is 0 Å². The smallest absolute Gasteiger partial charge is 0.269 e. The molecule has 4 saturated heterocycles. The van der Waals surface area contributed by atoms with Gasteiger partial charge in [0, 0.05) is 62.2 Å². The number of H-pyrrole nitrogens is 1. The van der Waals surface area contributed by atoms with E-state index in [9.17, 15) is 4.79 Å². The van der Waals surface area contributed by atoms with Gasteiger partial charge in [-0.3, -0.25) is 9.89 Å². The van der Waals surface area contributed by atoms with Crippen molar-refractivity contribution in [1.82, 2.24) is 25.3 Å². The lowest BCUT2D eigenvalue weighted by atomic mass is 9.64. The number of rotatable bonds is 4. The fourth-order valence-electron chi connectivity index (χ4n) is 6.10. The fraction of sp³-hybridized carbons (Fsp3) is 0.385. The Morgan fingerprint density at radius 2 is 1.72 bits per heavy atom. The molecule has 0 saturated carbocycles. The molecule has 32 heavy (non-hydrogen) atoms. The molecule has 2 N–H and O–H groups in total. The summed E-state index contributed by atoms with van der Waals surface area (Å²) >= 11 is 0. The van der Waals surface area contributed by atoms with Crippen molar-refractivity contribution < 1.29 is 4.79 Å². The number of hydrogen-bond donors (Lipinski definition) is 2. The highest BCUT2D eigenvalue weighted by Gasteiger charge is 2.55. The summed E-state index contributed by atoms with van der Waals surface area (Å²) in [5.74, 6) is 0.357. The quantitative estimate of drug-likeness (QED) is 0.672. The van der Waals surface area contributed by atoms with Gasteiger partial charge in [-0.15, -0.1) is 0 Å². The average molecular weight is 428 g/mol.